The van der Waals surface area contributed by atoms with Crippen LogP contribution in [0.5, 0.6) is 0 Å². The average Bonchev–Trinajstić information content (AvgIpc) is 3.17. The molecule has 0 bridgehead atoms. The molecule has 2 heterocycles. The van der Waals surface area contributed by atoms with Crippen LogP contribution in [0.3, 0.4) is 0 Å². The lowest BCUT2D eigenvalue weighted by Gasteiger charge is -2.15. The molecule has 0 spiro atoms. The number of nitrogens with zero attached hydrogens (tertiary/aromatic N) is 2. The fraction of sp³-hybridized carbons (Fsp3) is 0.938. The fourth-order valence-electron chi connectivity index (χ4n) is 3.00. The number of aliphatic imine (C=N–C) groups is 1. The van der Waals surface area contributed by atoms with Crippen molar-refractivity contribution in [2.75, 3.05) is 66.7 Å². The maximum absolute atomic E-state index is 5.70. The topological polar surface area (TPSA) is 58.1 Å². The van der Waals surface area contributed by atoms with Crippen LogP contribution in [0.15, 0.2) is 4.99 Å². The molecule has 0 radical (unpaired) electrons. The Morgan fingerprint density at radius 3 is 2.91 bits per heavy atom. The van der Waals surface area contributed by atoms with Crippen LogP contribution in [0.2, 0.25) is 0 Å². The lowest BCUT2D eigenvalue weighted by molar-refractivity contribution is 0.0888. The molecule has 22 heavy (non-hydrogen) atoms. The number of ether oxygens (including phenoxy) is 2. The molecule has 2 saturated heterocycles. The van der Waals surface area contributed by atoms with Crippen molar-refractivity contribution in [2.45, 2.75) is 19.3 Å². The second kappa shape index (κ2) is 10.0. The molecular formula is C16H32N4O2. The third-order valence-electron chi connectivity index (χ3n) is 4.41. The van der Waals surface area contributed by atoms with E-state index >= 15 is 0 Å². The number of guanidine groups is 1. The molecule has 2 N–H and O–H groups in total. The van der Waals surface area contributed by atoms with Gasteiger partial charge in [0.25, 0.3) is 0 Å². The molecule has 0 aromatic carbocycles. The van der Waals surface area contributed by atoms with Gasteiger partial charge in [0.15, 0.2) is 5.96 Å². The van der Waals surface area contributed by atoms with E-state index < -0.39 is 0 Å². The first kappa shape index (κ1) is 17.5. The highest BCUT2D eigenvalue weighted by Gasteiger charge is 2.19. The number of nitrogens with one attached hydrogen (secondary N) is 2. The Morgan fingerprint density at radius 1 is 1.32 bits per heavy atom. The maximum atomic E-state index is 5.70. The highest BCUT2D eigenvalue weighted by atomic mass is 16.5. The van der Waals surface area contributed by atoms with Gasteiger partial charge in [0.1, 0.15) is 0 Å². The van der Waals surface area contributed by atoms with Crippen molar-refractivity contribution in [3.8, 4) is 0 Å². The van der Waals surface area contributed by atoms with Gasteiger partial charge in [-0.05, 0) is 38.8 Å². The molecule has 0 amide bonds. The zero-order valence-electron chi connectivity index (χ0n) is 14.1. The highest BCUT2D eigenvalue weighted by Crippen LogP contribution is 2.13. The molecule has 0 aromatic rings. The van der Waals surface area contributed by atoms with Crippen LogP contribution in [-0.4, -0.2) is 77.6 Å². The first-order valence-electron chi connectivity index (χ1n) is 8.56. The predicted molar refractivity (Wildman–Crippen MR) is 89.3 cm³/mol. The minimum atomic E-state index is 0.604. The third kappa shape index (κ3) is 6.50. The molecule has 2 unspecified atom stereocenters. The summed E-state index contributed by atoms with van der Waals surface area (Å²) in [6, 6.07) is 0. The van der Waals surface area contributed by atoms with Gasteiger partial charge in [-0.2, -0.15) is 0 Å². The molecule has 2 atom stereocenters. The van der Waals surface area contributed by atoms with Crippen molar-refractivity contribution in [1.29, 1.82) is 0 Å². The molecule has 2 fully saturated rings. The van der Waals surface area contributed by atoms with E-state index in [9.17, 15) is 0 Å². The SMILES string of the molecule is CN=C(NCCCOCC1CCOC1)NCC1CCN(C)C1. The van der Waals surface area contributed by atoms with Gasteiger partial charge in [-0.15, -0.1) is 0 Å². The van der Waals surface area contributed by atoms with Crippen molar-refractivity contribution in [3.05, 3.63) is 0 Å². The number of likely N-dealkylation sites (tertiary alicyclic amines) is 1. The maximum Gasteiger partial charge on any atom is 0.190 e. The van der Waals surface area contributed by atoms with Gasteiger partial charge in [0, 0.05) is 45.8 Å². The Labute approximate surface area is 134 Å². The number of hydrogen-bond donors (Lipinski definition) is 2. The summed E-state index contributed by atoms with van der Waals surface area (Å²) in [5, 5.41) is 6.78. The van der Waals surface area contributed by atoms with Crippen molar-refractivity contribution >= 4 is 5.96 Å². The summed E-state index contributed by atoms with van der Waals surface area (Å²) in [4.78, 5) is 6.66. The number of hydrogen-bond acceptors (Lipinski definition) is 4. The van der Waals surface area contributed by atoms with E-state index in [-0.39, 0.29) is 0 Å². The molecule has 6 heteroatoms. The van der Waals surface area contributed by atoms with E-state index in [1.54, 1.807) is 0 Å². The van der Waals surface area contributed by atoms with E-state index in [1.807, 2.05) is 7.05 Å². The summed E-state index contributed by atoms with van der Waals surface area (Å²) in [7, 11) is 4.01. The van der Waals surface area contributed by atoms with Gasteiger partial charge in [0.05, 0.1) is 13.2 Å². The summed E-state index contributed by atoms with van der Waals surface area (Å²) in [5.41, 5.74) is 0. The Balaban J connectivity index is 1.45. The van der Waals surface area contributed by atoms with E-state index in [1.165, 1.54) is 19.5 Å². The van der Waals surface area contributed by atoms with Crippen LogP contribution >= 0.6 is 0 Å². The normalized spacial score (nSPS) is 26.5. The van der Waals surface area contributed by atoms with E-state index in [0.717, 1.165) is 64.2 Å². The third-order valence-corrected chi connectivity index (χ3v) is 4.41. The van der Waals surface area contributed by atoms with Gasteiger partial charge < -0.3 is 25.0 Å². The van der Waals surface area contributed by atoms with Crippen LogP contribution in [-0.2, 0) is 9.47 Å². The molecule has 2 aliphatic rings. The molecule has 0 aromatic heterocycles. The summed E-state index contributed by atoms with van der Waals surface area (Å²) >= 11 is 0. The van der Waals surface area contributed by atoms with Crippen LogP contribution in [0.4, 0.5) is 0 Å². The average molecular weight is 312 g/mol. The molecule has 128 valence electrons. The van der Waals surface area contributed by atoms with Gasteiger partial charge >= 0.3 is 0 Å². The second-order valence-corrected chi connectivity index (χ2v) is 6.45. The molecule has 0 saturated carbocycles. The van der Waals surface area contributed by atoms with E-state index in [4.69, 9.17) is 9.47 Å². The van der Waals surface area contributed by atoms with Crippen molar-refractivity contribution < 1.29 is 9.47 Å². The second-order valence-electron chi connectivity index (χ2n) is 6.45. The first-order valence-corrected chi connectivity index (χ1v) is 8.56. The Bertz CT molecular complexity index is 332. The molecule has 0 aliphatic carbocycles. The Kier molecular flexibility index (Phi) is 7.98. The lowest BCUT2D eigenvalue weighted by Crippen LogP contribution is -2.40. The Hall–Kier alpha value is -0.850. The van der Waals surface area contributed by atoms with E-state index in [2.05, 4.69) is 27.6 Å². The summed E-state index contributed by atoms with van der Waals surface area (Å²) in [6.07, 6.45) is 3.42. The highest BCUT2D eigenvalue weighted by molar-refractivity contribution is 5.79. The summed E-state index contributed by atoms with van der Waals surface area (Å²) < 4.78 is 11.0. The fourth-order valence-corrected chi connectivity index (χ4v) is 3.00. The zero-order chi connectivity index (χ0) is 15.6. The number of rotatable bonds is 8. The van der Waals surface area contributed by atoms with Crippen molar-refractivity contribution in [1.82, 2.24) is 15.5 Å². The molecular weight excluding hydrogens is 280 g/mol. The van der Waals surface area contributed by atoms with Gasteiger partial charge in [-0.1, -0.05) is 0 Å². The van der Waals surface area contributed by atoms with Crippen LogP contribution in [0.1, 0.15) is 19.3 Å². The smallest absolute Gasteiger partial charge is 0.190 e. The lowest BCUT2D eigenvalue weighted by atomic mass is 10.1. The minimum absolute atomic E-state index is 0.604. The van der Waals surface area contributed by atoms with Gasteiger partial charge in [0.2, 0.25) is 0 Å². The summed E-state index contributed by atoms with van der Waals surface area (Å²) in [5.74, 6) is 2.24. The van der Waals surface area contributed by atoms with Crippen LogP contribution in [0, 0.1) is 11.8 Å². The first-order chi connectivity index (χ1) is 10.8. The Morgan fingerprint density at radius 2 is 2.23 bits per heavy atom. The van der Waals surface area contributed by atoms with Gasteiger partial charge in [-0.25, -0.2) is 0 Å². The molecule has 6 nitrogen and oxygen atoms in total. The monoisotopic (exact) mass is 312 g/mol. The van der Waals surface area contributed by atoms with Crippen molar-refractivity contribution in [2.24, 2.45) is 16.8 Å². The minimum Gasteiger partial charge on any atom is -0.381 e. The van der Waals surface area contributed by atoms with Gasteiger partial charge in [-0.3, -0.25) is 4.99 Å². The molecule has 2 rings (SSSR count). The van der Waals surface area contributed by atoms with Crippen LogP contribution < -0.4 is 10.6 Å². The van der Waals surface area contributed by atoms with Crippen LogP contribution in [0.25, 0.3) is 0 Å². The molecule has 2 aliphatic heterocycles. The largest absolute Gasteiger partial charge is 0.381 e. The van der Waals surface area contributed by atoms with E-state index in [0.29, 0.717) is 5.92 Å². The predicted octanol–water partition coefficient (Wildman–Crippen LogP) is 0.546. The quantitative estimate of drug-likeness (QED) is 0.389. The van der Waals surface area contributed by atoms with Crippen molar-refractivity contribution in [3.63, 3.8) is 0 Å². The standard InChI is InChI=1S/C16H32N4O2/c1-17-16(19-10-14-4-7-20(2)11-14)18-6-3-8-21-12-15-5-9-22-13-15/h14-15H,3-13H2,1-2H3,(H2,17,18,19). The zero-order valence-corrected chi connectivity index (χ0v) is 14.1. The summed E-state index contributed by atoms with van der Waals surface area (Å²) in [6.45, 7) is 7.69.